The number of aliphatic carboxylic acids is 1. The lowest BCUT2D eigenvalue weighted by atomic mass is 9.95. The molecule has 3 aliphatic heterocycles. The third kappa shape index (κ3) is 7.23. The molecule has 2 N–H and O–H groups in total. The minimum atomic E-state index is -0.858. The summed E-state index contributed by atoms with van der Waals surface area (Å²) in [5, 5.41) is 14.9. The largest absolute Gasteiger partial charge is 0.481 e. The maximum absolute atomic E-state index is 14.0. The maximum Gasteiger partial charge on any atom is 0.338 e. The highest BCUT2D eigenvalue weighted by molar-refractivity contribution is 7.11. The number of ether oxygens (including phenoxy) is 1. The zero-order valence-corrected chi connectivity index (χ0v) is 29.2. The van der Waals surface area contributed by atoms with E-state index in [9.17, 15) is 18.8 Å². The van der Waals surface area contributed by atoms with E-state index in [1.807, 2.05) is 58.8 Å². The van der Waals surface area contributed by atoms with Gasteiger partial charge in [-0.05, 0) is 47.4 Å². The number of benzene rings is 3. The topological polar surface area (TPSA) is 128 Å². The summed E-state index contributed by atoms with van der Waals surface area (Å²) < 4.78 is 19.3. The zero-order chi connectivity index (χ0) is 35.6. The van der Waals surface area contributed by atoms with Gasteiger partial charge in [-0.15, -0.1) is 11.3 Å². The van der Waals surface area contributed by atoms with E-state index in [1.165, 1.54) is 36.6 Å². The van der Waals surface area contributed by atoms with Gasteiger partial charge in [0.2, 0.25) is 0 Å². The minimum absolute atomic E-state index is 0.0513. The Labute approximate surface area is 302 Å². The van der Waals surface area contributed by atoms with Gasteiger partial charge < -0.3 is 20.1 Å². The van der Waals surface area contributed by atoms with Crippen LogP contribution in [0.15, 0.2) is 94.6 Å². The second-order valence-electron chi connectivity index (χ2n) is 12.5. The number of hydrogen-bond donors (Lipinski definition) is 2. The average Bonchev–Trinajstić information content (AvgIpc) is 3.79. The Morgan fingerprint density at radius 2 is 1.80 bits per heavy atom. The first-order valence-electron chi connectivity index (χ1n) is 16.4. The van der Waals surface area contributed by atoms with E-state index >= 15 is 0 Å². The van der Waals surface area contributed by atoms with Crippen molar-refractivity contribution >= 4 is 52.4 Å². The monoisotopic (exact) mass is 728 g/mol. The van der Waals surface area contributed by atoms with E-state index in [4.69, 9.17) is 26.4 Å². The number of aliphatic imine (C=N–C) groups is 1. The third-order valence-electron chi connectivity index (χ3n) is 9.34. The van der Waals surface area contributed by atoms with Gasteiger partial charge in [0, 0.05) is 72.7 Å². The van der Waals surface area contributed by atoms with Crippen molar-refractivity contribution < 1.29 is 28.6 Å². The number of methoxy groups -OCH3 is 1. The Morgan fingerprint density at radius 1 is 1.06 bits per heavy atom. The van der Waals surface area contributed by atoms with Gasteiger partial charge in [-0.2, -0.15) is 0 Å². The van der Waals surface area contributed by atoms with Gasteiger partial charge in [-0.25, -0.2) is 19.0 Å². The summed E-state index contributed by atoms with van der Waals surface area (Å²) in [6.07, 6.45) is 2.24. The highest BCUT2D eigenvalue weighted by Gasteiger charge is 2.42. The molecule has 3 aliphatic rings. The minimum Gasteiger partial charge on any atom is -0.481 e. The summed E-state index contributed by atoms with van der Waals surface area (Å²) in [7, 11) is 1.31. The van der Waals surface area contributed by atoms with Crippen molar-refractivity contribution in [1.82, 2.24) is 20.1 Å². The number of nitrogens with one attached hydrogen (secondary N) is 1. The Kier molecular flexibility index (Phi) is 9.85. The first kappa shape index (κ1) is 34.3. The first-order chi connectivity index (χ1) is 24.7. The Hall–Kier alpha value is -5.11. The quantitative estimate of drug-likeness (QED) is 0.197. The number of carbonyl (C=O) groups is 3. The van der Waals surface area contributed by atoms with Crippen molar-refractivity contribution in [3.63, 3.8) is 0 Å². The molecule has 0 saturated carbocycles. The van der Waals surface area contributed by atoms with Crippen LogP contribution < -0.4 is 10.2 Å². The number of piperazine rings is 1. The number of carboxylic acid groups (broad SMARTS) is 1. The van der Waals surface area contributed by atoms with Crippen LogP contribution in [0.5, 0.6) is 0 Å². The summed E-state index contributed by atoms with van der Waals surface area (Å²) in [6, 6.07) is 18.7. The van der Waals surface area contributed by atoms with Gasteiger partial charge in [0.05, 0.1) is 18.7 Å². The molecular formula is C37H34ClFN6O5S. The van der Waals surface area contributed by atoms with Crippen LogP contribution >= 0.6 is 22.9 Å². The van der Waals surface area contributed by atoms with E-state index in [1.54, 1.807) is 11.1 Å². The molecule has 2 atom stereocenters. The van der Waals surface area contributed by atoms with Crippen LogP contribution in [0.4, 0.5) is 14.9 Å². The van der Waals surface area contributed by atoms with Gasteiger partial charge in [-0.3, -0.25) is 19.6 Å². The number of esters is 1. The van der Waals surface area contributed by atoms with E-state index in [-0.39, 0.29) is 29.1 Å². The number of carboxylic acids is 1. The number of amides is 2. The van der Waals surface area contributed by atoms with Gasteiger partial charge in [0.25, 0.3) is 0 Å². The van der Waals surface area contributed by atoms with Crippen LogP contribution in [-0.4, -0.2) is 89.6 Å². The van der Waals surface area contributed by atoms with Crippen molar-refractivity contribution in [2.75, 3.05) is 44.7 Å². The third-order valence-corrected chi connectivity index (χ3v) is 10.4. The number of halogens is 2. The molecule has 14 heteroatoms. The predicted molar refractivity (Wildman–Crippen MR) is 192 cm³/mol. The van der Waals surface area contributed by atoms with Gasteiger partial charge in [0.15, 0.2) is 10.8 Å². The lowest BCUT2D eigenvalue weighted by Crippen LogP contribution is -2.53. The number of hydrogen-bond acceptors (Lipinski definition) is 9. The number of nitrogens with zero attached hydrogens (tertiary/aromatic N) is 5. The van der Waals surface area contributed by atoms with E-state index < -0.39 is 23.8 Å². The highest BCUT2D eigenvalue weighted by atomic mass is 35.5. The molecule has 2 amide bonds. The molecule has 11 nitrogen and oxygen atoms in total. The summed E-state index contributed by atoms with van der Waals surface area (Å²) in [5.41, 5.74) is 5.08. The molecule has 2 saturated heterocycles. The molecule has 0 unspecified atom stereocenters. The second-order valence-corrected chi connectivity index (χ2v) is 13.8. The van der Waals surface area contributed by atoms with Crippen molar-refractivity contribution in [2.24, 2.45) is 4.99 Å². The normalized spacial score (nSPS) is 19.1. The van der Waals surface area contributed by atoms with Crippen LogP contribution in [0, 0.1) is 5.82 Å². The van der Waals surface area contributed by atoms with Crippen LogP contribution in [-0.2, 0) is 20.7 Å². The number of anilines is 1. The number of aromatic nitrogens is 1. The van der Waals surface area contributed by atoms with E-state index in [2.05, 4.69) is 15.2 Å². The Balaban J connectivity index is 1.08. The smallest absolute Gasteiger partial charge is 0.338 e. The van der Waals surface area contributed by atoms with Crippen LogP contribution in [0.3, 0.4) is 0 Å². The summed E-state index contributed by atoms with van der Waals surface area (Å²) in [5.74, 6) is -1.43. The average molecular weight is 729 g/mol. The fraction of sp³-hybridized carbons (Fsp3) is 0.270. The van der Waals surface area contributed by atoms with Crippen molar-refractivity contribution in [3.8, 4) is 11.1 Å². The molecule has 0 aliphatic carbocycles. The molecule has 262 valence electrons. The maximum atomic E-state index is 14.0. The zero-order valence-electron chi connectivity index (χ0n) is 27.6. The van der Waals surface area contributed by atoms with Gasteiger partial charge >= 0.3 is 18.0 Å². The number of urea groups is 1. The molecular weight excluding hydrogens is 695 g/mol. The SMILES string of the molecule is COC(=O)C1=C(CN2CCN3C(=O)N(c4ccc(-c5ccc(CCC(=O)O)cc5)cc4)C[C@@H]3C2)NC(c2nccs2)=N[C@H]1c1ccc(F)cc1Cl. The summed E-state index contributed by atoms with van der Waals surface area (Å²) in [6.45, 7) is 2.49. The number of aryl methyl sites for hydroxylation is 1. The van der Waals surface area contributed by atoms with Gasteiger partial charge in [0.1, 0.15) is 11.9 Å². The van der Waals surface area contributed by atoms with Gasteiger partial charge in [-0.1, -0.05) is 54.1 Å². The Bertz CT molecular complexity index is 2020. The molecule has 7 rings (SSSR count). The fourth-order valence-corrected chi connectivity index (χ4v) is 7.63. The molecule has 0 radical (unpaired) electrons. The fourth-order valence-electron chi connectivity index (χ4n) is 6.77. The standard InChI is InChI=1S/C37H34ClFN6O5S/c1-50-36(48)32-30(41-34(35-40-14-17-51-35)42-33(32)28-12-9-25(39)18-29(28)38)21-43-15-16-44-27(19-43)20-45(37(44)49)26-10-7-24(8-11-26)23-5-2-22(3-6-23)4-13-31(46)47/h2-3,5-12,14,17-18,27,33H,4,13,15-16,19-21H2,1H3,(H,41,42)(H,46,47)/t27-,33-/m0/s1. The molecule has 4 heterocycles. The lowest BCUT2D eigenvalue weighted by molar-refractivity contribution is -0.137. The molecule has 4 aromatic rings. The van der Waals surface area contributed by atoms with Crippen LogP contribution in [0.2, 0.25) is 5.02 Å². The molecule has 51 heavy (non-hydrogen) atoms. The molecule has 0 bridgehead atoms. The highest BCUT2D eigenvalue weighted by Crippen LogP contribution is 2.37. The molecule has 3 aromatic carbocycles. The molecule has 2 fully saturated rings. The Morgan fingerprint density at radius 3 is 2.47 bits per heavy atom. The van der Waals surface area contributed by atoms with Crippen molar-refractivity contribution in [1.29, 1.82) is 0 Å². The number of carbonyl (C=O) groups excluding carboxylic acids is 2. The predicted octanol–water partition coefficient (Wildman–Crippen LogP) is 5.76. The summed E-state index contributed by atoms with van der Waals surface area (Å²) in [4.78, 5) is 53.0. The van der Waals surface area contributed by atoms with Crippen molar-refractivity contribution in [2.45, 2.75) is 24.9 Å². The number of rotatable bonds is 10. The molecule has 1 aromatic heterocycles. The summed E-state index contributed by atoms with van der Waals surface area (Å²) >= 11 is 7.90. The number of amidine groups is 1. The van der Waals surface area contributed by atoms with Crippen LogP contribution in [0.1, 0.15) is 28.6 Å². The first-order valence-corrected chi connectivity index (χ1v) is 17.7. The number of thiazole rings is 1. The van der Waals surface area contributed by atoms with E-state index in [0.717, 1.165) is 22.4 Å². The lowest BCUT2D eigenvalue weighted by Gasteiger charge is -2.38. The van der Waals surface area contributed by atoms with Crippen LogP contribution in [0.25, 0.3) is 11.1 Å². The number of fused-ring (bicyclic) bond motifs is 1. The second kappa shape index (κ2) is 14.6. The van der Waals surface area contributed by atoms with E-state index in [0.29, 0.717) is 61.2 Å². The van der Waals surface area contributed by atoms with Crippen molar-refractivity contribution in [3.05, 3.63) is 117 Å². The molecule has 0 spiro atoms.